The Hall–Kier alpha value is -1.91. The third-order valence-corrected chi connectivity index (χ3v) is 1.82. The molecular formula is C9H6F2N2O. The second-order valence-corrected chi connectivity index (χ2v) is 2.75. The number of halogens is 2. The molecule has 0 saturated carbocycles. The van der Waals surface area contributed by atoms with E-state index in [0.29, 0.717) is 11.8 Å². The molecule has 1 aromatic heterocycles. The number of imidazole rings is 1. The van der Waals surface area contributed by atoms with Crippen molar-refractivity contribution in [3.8, 4) is 17.0 Å². The molecule has 2 aromatic rings. The average Bonchev–Trinajstić information content (AvgIpc) is 2.63. The number of aromatic nitrogens is 2. The third-order valence-electron chi connectivity index (χ3n) is 1.82. The predicted octanol–water partition coefficient (Wildman–Crippen LogP) is 2.06. The van der Waals surface area contributed by atoms with Gasteiger partial charge >= 0.3 is 0 Å². The second kappa shape index (κ2) is 3.10. The number of aromatic amines is 1. The van der Waals surface area contributed by atoms with Crippen LogP contribution in [0, 0.1) is 11.6 Å². The van der Waals surface area contributed by atoms with Gasteiger partial charge in [0, 0.05) is 11.6 Å². The zero-order chi connectivity index (χ0) is 10.1. The number of hydrogen-bond acceptors (Lipinski definition) is 2. The topological polar surface area (TPSA) is 48.9 Å². The smallest absolute Gasteiger partial charge is 0.168 e. The van der Waals surface area contributed by atoms with Gasteiger partial charge in [0.15, 0.2) is 11.6 Å². The lowest BCUT2D eigenvalue weighted by molar-refractivity contribution is 0.430. The van der Waals surface area contributed by atoms with Crippen molar-refractivity contribution < 1.29 is 13.9 Å². The van der Waals surface area contributed by atoms with Gasteiger partial charge in [-0.25, -0.2) is 13.8 Å². The lowest BCUT2D eigenvalue weighted by atomic mass is 10.1. The lowest BCUT2D eigenvalue weighted by Gasteiger charge is -2.02. The van der Waals surface area contributed by atoms with Gasteiger partial charge < -0.3 is 10.1 Å². The Labute approximate surface area is 78.0 Å². The summed E-state index contributed by atoms with van der Waals surface area (Å²) in [6.45, 7) is 0. The van der Waals surface area contributed by atoms with Crippen molar-refractivity contribution >= 4 is 0 Å². The molecule has 0 saturated heterocycles. The molecule has 0 aliphatic heterocycles. The zero-order valence-electron chi connectivity index (χ0n) is 6.96. The summed E-state index contributed by atoms with van der Waals surface area (Å²) in [5.74, 6) is -2.32. The molecule has 0 bridgehead atoms. The van der Waals surface area contributed by atoms with Crippen molar-refractivity contribution in [1.82, 2.24) is 9.97 Å². The number of H-pyrrole nitrogens is 1. The first-order valence-electron chi connectivity index (χ1n) is 3.85. The molecule has 3 nitrogen and oxygen atoms in total. The minimum atomic E-state index is -0.991. The van der Waals surface area contributed by atoms with E-state index in [2.05, 4.69) is 9.97 Å². The third kappa shape index (κ3) is 1.32. The van der Waals surface area contributed by atoms with E-state index in [4.69, 9.17) is 0 Å². The van der Waals surface area contributed by atoms with Crippen LogP contribution in [-0.2, 0) is 0 Å². The largest absolute Gasteiger partial charge is 0.504 e. The molecule has 72 valence electrons. The molecule has 2 N–H and O–H groups in total. The number of hydrogen-bond donors (Lipinski definition) is 2. The molecule has 1 aromatic carbocycles. The van der Waals surface area contributed by atoms with Crippen LogP contribution in [0.3, 0.4) is 0 Å². The van der Waals surface area contributed by atoms with Crippen LogP contribution in [0.15, 0.2) is 24.7 Å². The molecule has 1 heterocycles. The van der Waals surface area contributed by atoms with Crippen LogP contribution in [0.1, 0.15) is 0 Å². The summed E-state index contributed by atoms with van der Waals surface area (Å²) in [5.41, 5.74) is 0.418. The highest BCUT2D eigenvalue weighted by Gasteiger charge is 2.12. The fourth-order valence-electron chi connectivity index (χ4n) is 1.17. The molecule has 0 spiro atoms. The van der Waals surface area contributed by atoms with Crippen molar-refractivity contribution in [3.63, 3.8) is 0 Å². The van der Waals surface area contributed by atoms with E-state index in [0.717, 1.165) is 6.07 Å². The first kappa shape index (κ1) is 8.68. The highest BCUT2D eigenvalue weighted by Crippen LogP contribution is 2.30. The van der Waals surface area contributed by atoms with E-state index in [1.54, 1.807) is 0 Å². The number of rotatable bonds is 1. The number of benzene rings is 1. The fraction of sp³-hybridized carbons (Fsp3) is 0. The Morgan fingerprint density at radius 2 is 2.07 bits per heavy atom. The van der Waals surface area contributed by atoms with Crippen molar-refractivity contribution in [2.45, 2.75) is 0 Å². The van der Waals surface area contributed by atoms with Crippen LogP contribution < -0.4 is 0 Å². The maximum atomic E-state index is 12.9. The monoisotopic (exact) mass is 196 g/mol. The van der Waals surface area contributed by atoms with Crippen LogP contribution in [0.25, 0.3) is 11.3 Å². The average molecular weight is 196 g/mol. The Balaban J connectivity index is 2.64. The summed E-state index contributed by atoms with van der Waals surface area (Å²) in [7, 11) is 0. The van der Waals surface area contributed by atoms with E-state index >= 15 is 0 Å². The Morgan fingerprint density at radius 1 is 1.29 bits per heavy atom. The summed E-state index contributed by atoms with van der Waals surface area (Å²) >= 11 is 0. The second-order valence-electron chi connectivity index (χ2n) is 2.75. The number of nitrogens with zero attached hydrogens (tertiary/aromatic N) is 1. The molecule has 0 unspecified atom stereocenters. The van der Waals surface area contributed by atoms with Crippen LogP contribution in [0.2, 0.25) is 0 Å². The van der Waals surface area contributed by atoms with Crippen molar-refractivity contribution in [3.05, 3.63) is 36.3 Å². The minimum Gasteiger partial charge on any atom is -0.504 e. The molecule has 5 heteroatoms. The van der Waals surface area contributed by atoms with E-state index in [9.17, 15) is 13.9 Å². The van der Waals surface area contributed by atoms with Gasteiger partial charge in [-0.1, -0.05) is 0 Å². The summed E-state index contributed by atoms with van der Waals surface area (Å²) < 4.78 is 25.7. The van der Waals surface area contributed by atoms with E-state index in [-0.39, 0.29) is 5.56 Å². The van der Waals surface area contributed by atoms with Gasteiger partial charge in [-0.05, 0) is 6.07 Å². The lowest BCUT2D eigenvalue weighted by Crippen LogP contribution is -1.86. The van der Waals surface area contributed by atoms with Gasteiger partial charge in [0.25, 0.3) is 0 Å². The summed E-state index contributed by atoms with van der Waals surface area (Å²) in [6.07, 6.45) is 2.73. The standard InChI is InChI=1S/C9H6F2N2O/c10-5-1-6(8-3-12-4-13-8)9(14)7(11)2-5/h1-4,14H,(H,12,13). The predicted molar refractivity (Wildman–Crippen MR) is 45.6 cm³/mol. The first-order chi connectivity index (χ1) is 6.68. The quantitative estimate of drug-likeness (QED) is 0.733. The Morgan fingerprint density at radius 3 is 2.71 bits per heavy atom. The van der Waals surface area contributed by atoms with Crippen molar-refractivity contribution in [1.29, 1.82) is 0 Å². The van der Waals surface area contributed by atoms with Crippen molar-refractivity contribution in [2.75, 3.05) is 0 Å². The molecule has 0 aliphatic rings. The highest BCUT2D eigenvalue weighted by atomic mass is 19.1. The number of phenolic OH excluding ortho intramolecular Hbond substituents is 1. The number of aromatic hydroxyl groups is 1. The summed E-state index contributed by atoms with van der Waals surface area (Å²) in [6, 6.07) is 1.65. The molecule has 0 atom stereocenters. The van der Waals surface area contributed by atoms with Gasteiger partial charge in [0.2, 0.25) is 0 Å². The van der Waals surface area contributed by atoms with Crippen LogP contribution in [-0.4, -0.2) is 15.1 Å². The van der Waals surface area contributed by atoms with Gasteiger partial charge in [-0.3, -0.25) is 0 Å². The molecule has 14 heavy (non-hydrogen) atoms. The van der Waals surface area contributed by atoms with Crippen LogP contribution >= 0.6 is 0 Å². The van der Waals surface area contributed by atoms with Crippen LogP contribution in [0.4, 0.5) is 8.78 Å². The van der Waals surface area contributed by atoms with Gasteiger partial charge in [0.05, 0.1) is 18.2 Å². The van der Waals surface area contributed by atoms with E-state index < -0.39 is 17.4 Å². The molecule has 0 radical (unpaired) electrons. The molecule has 2 rings (SSSR count). The zero-order valence-corrected chi connectivity index (χ0v) is 6.96. The van der Waals surface area contributed by atoms with Crippen molar-refractivity contribution in [2.24, 2.45) is 0 Å². The number of nitrogens with one attached hydrogen (secondary N) is 1. The van der Waals surface area contributed by atoms with Crippen LogP contribution in [0.5, 0.6) is 5.75 Å². The van der Waals surface area contributed by atoms with Gasteiger partial charge in [-0.15, -0.1) is 0 Å². The van der Waals surface area contributed by atoms with E-state index in [1.165, 1.54) is 12.5 Å². The molecule has 0 amide bonds. The normalized spacial score (nSPS) is 10.4. The fourth-order valence-corrected chi connectivity index (χ4v) is 1.17. The SMILES string of the molecule is Oc1c(F)cc(F)cc1-c1cnc[nH]1. The van der Waals surface area contributed by atoms with E-state index in [1.807, 2.05) is 0 Å². The minimum absolute atomic E-state index is 0.0556. The number of phenols is 1. The summed E-state index contributed by atoms with van der Waals surface area (Å²) in [5, 5.41) is 9.30. The Bertz CT molecular complexity index is 454. The maximum Gasteiger partial charge on any atom is 0.168 e. The molecule has 0 fully saturated rings. The first-order valence-corrected chi connectivity index (χ1v) is 3.85. The maximum absolute atomic E-state index is 12.9. The summed E-state index contributed by atoms with van der Waals surface area (Å²) in [4.78, 5) is 6.33. The van der Waals surface area contributed by atoms with Gasteiger partial charge in [-0.2, -0.15) is 0 Å². The molecular weight excluding hydrogens is 190 g/mol. The Kier molecular flexibility index (Phi) is 1.92. The highest BCUT2D eigenvalue weighted by molar-refractivity contribution is 5.66. The molecule has 0 aliphatic carbocycles. The van der Waals surface area contributed by atoms with Gasteiger partial charge in [0.1, 0.15) is 5.82 Å².